The van der Waals surface area contributed by atoms with Gasteiger partial charge in [-0.1, -0.05) is 21.9 Å². The maximum atomic E-state index is 11.5. The Morgan fingerprint density at radius 3 is 2.90 bits per heavy atom. The number of carbonyl (C=O) groups is 3. The fourth-order valence-corrected chi connectivity index (χ4v) is 3.31. The van der Waals surface area contributed by atoms with Crippen molar-refractivity contribution in [1.82, 2.24) is 10.0 Å². The molecule has 0 aromatic carbocycles. The topological polar surface area (TPSA) is 96.8 Å². The first kappa shape index (κ1) is 15.8. The van der Waals surface area contributed by atoms with Crippen molar-refractivity contribution in [2.45, 2.75) is 24.0 Å². The Morgan fingerprint density at radius 2 is 2.29 bits per heavy atom. The van der Waals surface area contributed by atoms with Crippen molar-refractivity contribution in [1.29, 1.82) is 0 Å². The molecule has 1 aliphatic rings. The molecule has 2 rings (SSSR count). The van der Waals surface area contributed by atoms with Gasteiger partial charge in [0.05, 0.1) is 12.8 Å². The zero-order valence-corrected chi connectivity index (χ0v) is 12.4. The van der Waals surface area contributed by atoms with Crippen LogP contribution in [0.5, 0.6) is 0 Å². The van der Waals surface area contributed by atoms with Gasteiger partial charge in [-0.15, -0.1) is 0 Å². The van der Waals surface area contributed by atoms with Crippen molar-refractivity contribution < 1.29 is 24.3 Å². The van der Waals surface area contributed by atoms with Crippen LogP contribution in [-0.2, 0) is 19.2 Å². The second-order valence-corrected chi connectivity index (χ2v) is 6.47. The van der Waals surface area contributed by atoms with E-state index >= 15 is 0 Å². The molecule has 0 spiro atoms. The lowest BCUT2D eigenvalue weighted by Gasteiger charge is -2.12. The number of pyridine rings is 1. The highest BCUT2D eigenvalue weighted by Crippen LogP contribution is 2.29. The molecule has 1 aromatic heterocycles. The van der Waals surface area contributed by atoms with Gasteiger partial charge in [-0.25, -0.2) is 9.78 Å². The van der Waals surface area contributed by atoms with E-state index in [1.165, 1.54) is 21.6 Å². The van der Waals surface area contributed by atoms with Crippen molar-refractivity contribution in [3.05, 3.63) is 24.4 Å². The number of rotatable bonds is 6. The molecule has 112 valence electrons. The molecule has 1 atom stereocenters. The first-order valence-corrected chi connectivity index (χ1v) is 8.36. The number of amides is 2. The minimum atomic E-state index is -1.42. The standard InChI is InChI=1S/C12H12N2O5S2/c15-8-7-10(16)14(12(8)18)19-11(17)4-6-20-21-9-3-1-2-5-13-9/h1-3,5,8,15H,4,6-7H2. The zero-order valence-electron chi connectivity index (χ0n) is 10.8. The third-order valence-corrected chi connectivity index (χ3v) is 4.71. The highest BCUT2D eigenvalue weighted by atomic mass is 33.1. The number of hydrogen-bond acceptors (Lipinski definition) is 8. The number of carbonyl (C=O) groups excluding carboxylic acids is 3. The molecule has 1 fully saturated rings. The molecule has 2 heterocycles. The van der Waals surface area contributed by atoms with Crippen molar-refractivity contribution in [3.8, 4) is 0 Å². The number of imide groups is 1. The molecule has 21 heavy (non-hydrogen) atoms. The van der Waals surface area contributed by atoms with E-state index in [9.17, 15) is 19.5 Å². The summed E-state index contributed by atoms with van der Waals surface area (Å²) in [6.45, 7) is 0. The first-order chi connectivity index (χ1) is 10.1. The second kappa shape index (κ2) is 7.43. The summed E-state index contributed by atoms with van der Waals surface area (Å²) in [5.41, 5.74) is 0. The molecule has 1 N–H and O–H groups in total. The van der Waals surface area contributed by atoms with Gasteiger partial charge in [0.2, 0.25) is 0 Å². The Hall–Kier alpha value is -1.58. The smallest absolute Gasteiger partial charge is 0.334 e. The number of hydrogen-bond donors (Lipinski definition) is 1. The lowest BCUT2D eigenvalue weighted by Crippen LogP contribution is -2.34. The molecule has 2 amide bonds. The van der Waals surface area contributed by atoms with E-state index in [1.807, 2.05) is 18.2 Å². The van der Waals surface area contributed by atoms with E-state index in [2.05, 4.69) is 9.82 Å². The Kier molecular flexibility index (Phi) is 5.59. The number of aromatic nitrogens is 1. The van der Waals surface area contributed by atoms with E-state index in [4.69, 9.17) is 0 Å². The van der Waals surface area contributed by atoms with Gasteiger partial charge in [0.15, 0.2) is 0 Å². The molecule has 0 radical (unpaired) electrons. The highest BCUT2D eigenvalue weighted by molar-refractivity contribution is 8.76. The van der Waals surface area contributed by atoms with Crippen LogP contribution < -0.4 is 0 Å². The van der Waals surface area contributed by atoms with E-state index in [-0.39, 0.29) is 12.8 Å². The van der Waals surface area contributed by atoms with Crippen LogP contribution in [0.1, 0.15) is 12.8 Å². The van der Waals surface area contributed by atoms with Crippen LogP contribution >= 0.6 is 21.6 Å². The monoisotopic (exact) mass is 328 g/mol. The molecule has 0 aliphatic carbocycles. The number of nitrogens with zero attached hydrogens (tertiary/aromatic N) is 2. The zero-order chi connectivity index (χ0) is 15.2. The number of aliphatic hydroxyl groups is 1. The normalized spacial score (nSPS) is 18.1. The van der Waals surface area contributed by atoms with Crippen molar-refractivity contribution >= 4 is 39.4 Å². The van der Waals surface area contributed by atoms with Gasteiger partial charge in [-0.3, -0.25) is 9.59 Å². The van der Waals surface area contributed by atoms with Crippen LogP contribution in [0.15, 0.2) is 29.4 Å². The Morgan fingerprint density at radius 1 is 1.48 bits per heavy atom. The molecule has 7 nitrogen and oxygen atoms in total. The van der Waals surface area contributed by atoms with Crippen LogP contribution in [0.25, 0.3) is 0 Å². The quantitative estimate of drug-likeness (QED) is 0.465. The number of hydroxylamine groups is 2. The molecule has 1 unspecified atom stereocenters. The Labute approximate surface area is 128 Å². The van der Waals surface area contributed by atoms with Gasteiger partial charge in [-0.2, -0.15) is 0 Å². The summed E-state index contributed by atoms with van der Waals surface area (Å²) in [6, 6.07) is 5.52. The molecule has 9 heteroatoms. The van der Waals surface area contributed by atoms with E-state index < -0.39 is 23.9 Å². The molecular formula is C12H12N2O5S2. The summed E-state index contributed by atoms with van der Waals surface area (Å²) < 4.78 is 0. The molecule has 1 aliphatic heterocycles. The average molecular weight is 328 g/mol. The molecular weight excluding hydrogens is 316 g/mol. The largest absolute Gasteiger partial charge is 0.383 e. The summed E-state index contributed by atoms with van der Waals surface area (Å²) in [7, 11) is 2.83. The molecule has 0 bridgehead atoms. The molecule has 1 aromatic rings. The van der Waals surface area contributed by atoms with Crippen LogP contribution in [0.2, 0.25) is 0 Å². The Bertz CT molecular complexity index is 540. The van der Waals surface area contributed by atoms with Gasteiger partial charge < -0.3 is 9.94 Å². The Balaban J connectivity index is 1.68. The van der Waals surface area contributed by atoms with Crippen molar-refractivity contribution in [2.24, 2.45) is 0 Å². The number of aliphatic hydroxyl groups excluding tert-OH is 1. The summed E-state index contributed by atoms with van der Waals surface area (Å²) in [5, 5.41) is 10.3. The van der Waals surface area contributed by atoms with Crippen LogP contribution in [0, 0.1) is 0 Å². The van der Waals surface area contributed by atoms with Gasteiger partial charge in [0.25, 0.3) is 11.8 Å². The third-order valence-electron chi connectivity index (χ3n) is 2.44. The van der Waals surface area contributed by atoms with Crippen LogP contribution in [-0.4, -0.2) is 44.8 Å². The minimum Gasteiger partial charge on any atom is -0.383 e. The maximum Gasteiger partial charge on any atom is 0.334 e. The fourth-order valence-electron chi connectivity index (χ4n) is 1.46. The molecule has 1 saturated heterocycles. The van der Waals surface area contributed by atoms with Gasteiger partial charge in [0.1, 0.15) is 11.1 Å². The first-order valence-electron chi connectivity index (χ1n) is 6.04. The van der Waals surface area contributed by atoms with E-state index in [0.29, 0.717) is 10.8 Å². The second-order valence-electron chi connectivity index (χ2n) is 4.03. The third kappa shape index (κ3) is 4.45. The van der Waals surface area contributed by atoms with E-state index in [1.54, 1.807) is 6.20 Å². The van der Waals surface area contributed by atoms with Gasteiger partial charge in [-0.05, 0) is 22.9 Å². The fraction of sp³-hybridized carbons (Fsp3) is 0.333. The van der Waals surface area contributed by atoms with Gasteiger partial charge in [0, 0.05) is 11.9 Å². The lowest BCUT2D eigenvalue weighted by molar-refractivity contribution is -0.198. The molecule has 0 saturated carbocycles. The van der Waals surface area contributed by atoms with Crippen molar-refractivity contribution in [2.75, 3.05) is 5.75 Å². The van der Waals surface area contributed by atoms with Crippen LogP contribution in [0.3, 0.4) is 0 Å². The lowest BCUT2D eigenvalue weighted by atomic mass is 10.3. The van der Waals surface area contributed by atoms with E-state index in [0.717, 1.165) is 5.03 Å². The summed E-state index contributed by atoms with van der Waals surface area (Å²) >= 11 is 0. The van der Waals surface area contributed by atoms with Crippen LogP contribution in [0.4, 0.5) is 0 Å². The highest BCUT2D eigenvalue weighted by Gasteiger charge is 2.40. The maximum absolute atomic E-state index is 11.5. The minimum absolute atomic E-state index is 0.0393. The van der Waals surface area contributed by atoms with Gasteiger partial charge >= 0.3 is 5.97 Å². The summed E-state index contributed by atoms with van der Waals surface area (Å²) in [5.74, 6) is -1.86. The predicted octanol–water partition coefficient (Wildman–Crippen LogP) is 0.790. The predicted molar refractivity (Wildman–Crippen MR) is 75.7 cm³/mol. The van der Waals surface area contributed by atoms with Crippen molar-refractivity contribution in [3.63, 3.8) is 0 Å². The average Bonchev–Trinajstić information content (AvgIpc) is 2.71. The summed E-state index contributed by atoms with van der Waals surface area (Å²) in [4.78, 5) is 42.9. The summed E-state index contributed by atoms with van der Waals surface area (Å²) in [6.07, 6.45) is -0.0550. The SMILES string of the molecule is O=C(CCSSc1ccccn1)ON1C(=O)CC(O)C1=O.